The monoisotopic (exact) mass is 283 g/mol. The van der Waals surface area contributed by atoms with Crippen LogP contribution in [0.1, 0.15) is 22.8 Å². The minimum absolute atomic E-state index is 0.659. The van der Waals surface area contributed by atoms with Crippen molar-refractivity contribution in [1.82, 2.24) is 4.98 Å². The highest BCUT2D eigenvalue weighted by Gasteiger charge is 2.13. The van der Waals surface area contributed by atoms with Crippen molar-refractivity contribution < 1.29 is 4.79 Å². The van der Waals surface area contributed by atoms with E-state index in [1.165, 1.54) is 5.56 Å². The van der Waals surface area contributed by atoms with Gasteiger partial charge in [-0.3, -0.25) is 4.79 Å². The molecule has 0 bridgehead atoms. The third-order valence-electron chi connectivity index (χ3n) is 3.54. The summed E-state index contributed by atoms with van der Waals surface area (Å²) in [7, 11) is 0. The van der Waals surface area contributed by atoms with Gasteiger partial charge in [0.25, 0.3) is 0 Å². The first-order valence-electron chi connectivity index (χ1n) is 6.58. The van der Waals surface area contributed by atoms with Crippen LogP contribution in [0.3, 0.4) is 0 Å². The van der Waals surface area contributed by atoms with Gasteiger partial charge in [-0.15, -0.1) is 0 Å². The van der Waals surface area contributed by atoms with Crippen molar-refractivity contribution in [3.63, 3.8) is 0 Å². The van der Waals surface area contributed by atoms with E-state index in [-0.39, 0.29) is 0 Å². The summed E-state index contributed by atoms with van der Waals surface area (Å²) in [6.07, 6.45) is 1.86. The number of hydrogen-bond donors (Lipinski definition) is 1. The number of H-pyrrole nitrogens is 1. The Morgan fingerprint density at radius 1 is 1.20 bits per heavy atom. The Balaban J connectivity index is 2.28. The van der Waals surface area contributed by atoms with E-state index in [0.717, 1.165) is 34.9 Å². The first kappa shape index (κ1) is 12.9. The number of halogens is 1. The lowest BCUT2D eigenvalue weighted by Crippen LogP contribution is -1.85. The van der Waals surface area contributed by atoms with Crippen LogP contribution in [0.15, 0.2) is 42.5 Å². The van der Waals surface area contributed by atoms with Crippen LogP contribution in [-0.4, -0.2) is 11.3 Å². The van der Waals surface area contributed by atoms with Crippen LogP contribution in [0.4, 0.5) is 0 Å². The summed E-state index contributed by atoms with van der Waals surface area (Å²) in [6, 6.07) is 13.7. The second-order valence-electron chi connectivity index (χ2n) is 4.78. The highest BCUT2D eigenvalue weighted by molar-refractivity contribution is 6.30. The maximum absolute atomic E-state index is 11.5. The Morgan fingerprint density at radius 3 is 2.75 bits per heavy atom. The average molecular weight is 284 g/mol. The number of carbonyl (C=O) groups excluding carboxylic acids is 1. The number of rotatable bonds is 3. The molecule has 100 valence electrons. The van der Waals surface area contributed by atoms with Crippen molar-refractivity contribution >= 4 is 28.8 Å². The van der Waals surface area contributed by atoms with Gasteiger partial charge in [-0.25, -0.2) is 0 Å². The largest absolute Gasteiger partial charge is 0.354 e. The highest BCUT2D eigenvalue weighted by Crippen LogP contribution is 2.31. The maximum atomic E-state index is 11.5. The minimum atomic E-state index is 0.659. The summed E-state index contributed by atoms with van der Waals surface area (Å²) in [5.74, 6) is 0. The third-order valence-corrected chi connectivity index (χ3v) is 3.78. The van der Waals surface area contributed by atoms with E-state index < -0.39 is 0 Å². The summed E-state index contributed by atoms with van der Waals surface area (Å²) < 4.78 is 0. The van der Waals surface area contributed by atoms with Gasteiger partial charge in [0.15, 0.2) is 6.29 Å². The van der Waals surface area contributed by atoms with Gasteiger partial charge >= 0.3 is 0 Å². The molecule has 0 atom stereocenters. The zero-order valence-corrected chi connectivity index (χ0v) is 11.9. The minimum Gasteiger partial charge on any atom is -0.354 e. The summed E-state index contributed by atoms with van der Waals surface area (Å²) >= 11 is 6.03. The second kappa shape index (κ2) is 5.14. The van der Waals surface area contributed by atoms with E-state index in [1.807, 2.05) is 30.3 Å². The number of nitrogens with one attached hydrogen (secondary N) is 1. The zero-order chi connectivity index (χ0) is 14.1. The molecule has 0 amide bonds. The molecular formula is C17H14ClNO. The fourth-order valence-electron chi connectivity index (χ4n) is 2.47. The maximum Gasteiger partial charge on any atom is 0.152 e. The lowest BCUT2D eigenvalue weighted by molar-refractivity contribution is 0.112. The van der Waals surface area contributed by atoms with Gasteiger partial charge < -0.3 is 4.98 Å². The Labute approximate surface area is 122 Å². The lowest BCUT2D eigenvalue weighted by Gasteiger charge is -2.00. The molecule has 3 aromatic rings. The molecule has 1 heterocycles. The molecular weight excluding hydrogens is 270 g/mol. The number of aryl methyl sites for hydroxylation is 1. The van der Waals surface area contributed by atoms with Crippen LogP contribution in [0.2, 0.25) is 5.02 Å². The molecule has 3 heteroatoms. The Morgan fingerprint density at radius 2 is 2.05 bits per heavy atom. The third kappa shape index (κ3) is 2.12. The normalized spacial score (nSPS) is 10.9. The second-order valence-corrected chi connectivity index (χ2v) is 5.21. The Bertz CT molecular complexity index is 789. The molecule has 0 aliphatic carbocycles. The predicted octanol–water partition coefficient (Wildman–Crippen LogP) is 4.86. The first-order chi connectivity index (χ1) is 9.72. The molecule has 0 unspecified atom stereocenters. The zero-order valence-electron chi connectivity index (χ0n) is 11.1. The molecule has 0 radical (unpaired) electrons. The van der Waals surface area contributed by atoms with Crippen molar-refractivity contribution in [3.8, 4) is 11.3 Å². The molecule has 2 nitrogen and oxygen atoms in total. The first-order valence-corrected chi connectivity index (χ1v) is 6.96. The number of aldehydes is 1. The molecule has 3 rings (SSSR count). The molecule has 20 heavy (non-hydrogen) atoms. The van der Waals surface area contributed by atoms with E-state index in [4.69, 9.17) is 11.6 Å². The van der Waals surface area contributed by atoms with Crippen molar-refractivity contribution in [1.29, 1.82) is 0 Å². The SMILES string of the molecule is CCc1ccc2[nH]c(-c3cccc(Cl)c3)c(C=O)c2c1. The fourth-order valence-corrected chi connectivity index (χ4v) is 2.66. The standard InChI is InChI=1S/C17H14ClNO/c1-2-11-6-7-16-14(8-11)15(10-20)17(19-16)12-4-3-5-13(18)9-12/h3-10,19H,2H2,1H3. The van der Waals surface area contributed by atoms with Crippen LogP contribution in [0.5, 0.6) is 0 Å². The molecule has 0 spiro atoms. The van der Waals surface area contributed by atoms with Gasteiger partial charge in [-0.05, 0) is 36.2 Å². The summed E-state index contributed by atoms with van der Waals surface area (Å²) in [5, 5.41) is 1.63. The van der Waals surface area contributed by atoms with Crippen molar-refractivity contribution in [3.05, 3.63) is 58.6 Å². The van der Waals surface area contributed by atoms with Crippen LogP contribution < -0.4 is 0 Å². The van der Waals surface area contributed by atoms with E-state index in [9.17, 15) is 4.79 Å². The number of carbonyl (C=O) groups is 1. The van der Waals surface area contributed by atoms with Gasteiger partial charge in [-0.2, -0.15) is 0 Å². The number of hydrogen-bond acceptors (Lipinski definition) is 1. The van der Waals surface area contributed by atoms with Gasteiger partial charge in [0.1, 0.15) is 0 Å². The van der Waals surface area contributed by atoms with Crippen molar-refractivity contribution in [2.45, 2.75) is 13.3 Å². The number of benzene rings is 2. The highest BCUT2D eigenvalue weighted by atomic mass is 35.5. The molecule has 1 aromatic heterocycles. The number of fused-ring (bicyclic) bond motifs is 1. The van der Waals surface area contributed by atoms with Crippen LogP contribution in [-0.2, 0) is 6.42 Å². The fraction of sp³-hybridized carbons (Fsp3) is 0.118. The molecule has 0 saturated heterocycles. The van der Waals surface area contributed by atoms with Crippen LogP contribution in [0.25, 0.3) is 22.2 Å². The smallest absolute Gasteiger partial charge is 0.152 e. The molecule has 1 N–H and O–H groups in total. The molecule has 0 saturated carbocycles. The number of aromatic nitrogens is 1. The topological polar surface area (TPSA) is 32.9 Å². The predicted molar refractivity (Wildman–Crippen MR) is 83.5 cm³/mol. The van der Waals surface area contributed by atoms with Crippen LogP contribution >= 0.6 is 11.6 Å². The Hall–Kier alpha value is -2.06. The van der Waals surface area contributed by atoms with E-state index >= 15 is 0 Å². The molecule has 2 aromatic carbocycles. The van der Waals surface area contributed by atoms with Gasteiger partial charge in [-0.1, -0.05) is 36.7 Å². The summed E-state index contributed by atoms with van der Waals surface area (Å²) in [4.78, 5) is 14.8. The molecule has 0 aliphatic heterocycles. The number of aromatic amines is 1. The van der Waals surface area contributed by atoms with E-state index in [2.05, 4.69) is 24.0 Å². The van der Waals surface area contributed by atoms with E-state index in [0.29, 0.717) is 10.6 Å². The van der Waals surface area contributed by atoms with Crippen molar-refractivity contribution in [2.24, 2.45) is 0 Å². The summed E-state index contributed by atoms with van der Waals surface area (Å²) in [6.45, 7) is 2.10. The Kier molecular flexibility index (Phi) is 3.33. The lowest BCUT2D eigenvalue weighted by atomic mass is 10.0. The van der Waals surface area contributed by atoms with Gasteiger partial charge in [0.2, 0.25) is 0 Å². The van der Waals surface area contributed by atoms with E-state index in [1.54, 1.807) is 0 Å². The van der Waals surface area contributed by atoms with Crippen LogP contribution in [0, 0.1) is 0 Å². The molecule has 0 aliphatic rings. The summed E-state index contributed by atoms with van der Waals surface area (Å²) in [5.41, 5.74) is 4.63. The van der Waals surface area contributed by atoms with Gasteiger partial charge in [0, 0.05) is 27.1 Å². The quantitative estimate of drug-likeness (QED) is 0.684. The van der Waals surface area contributed by atoms with Crippen molar-refractivity contribution in [2.75, 3.05) is 0 Å². The molecule has 0 fully saturated rings. The van der Waals surface area contributed by atoms with Gasteiger partial charge in [0.05, 0.1) is 5.69 Å². The average Bonchev–Trinajstić information content (AvgIpc) is 2.84.